The summed E-state index contributed by atoms with van der Waals surface area (Å²) >= 11 is 0. The third-order valence-electron chi connectivity index (χ3n) is 3.33. The van der Waals surface area contributed by atoms with E-state index in [4.69, 9.17) is 4.74 Å². The summed E-state index contributed by atoms with van der Waals surface area (Å²) in [6.07, 6.45) is -0.482. The van der Waals surface area contributed by atoms with Crippen LogP contribution in [0.5, 0.6) is 0 Å². The fourth-order valence-corrected chi connectivity index (χ4v) is 2.19. The highest BCUT2D eigenvalue weighted by Crippen LogP contribution is 2.25. The summed E-state index contributed by atoms with van der Waals surface area (Å²) in [4.78, 5) is 0. The van der Waals surface area contributed by atoms with E-state index in [0.717, 1.165) is 11.1 Å². The molecular formula is C17H20O2. The Morgan fingerprint density at radius 2 is 1.53 bits per heavy atom. The van der Waals surface area contributed by atoms with Crippen LogP contribution in [0.15, 0.2) is 54.6 Å². The molecule has 19 heavy (non-hydrogen) atoms. The van der Waals surface area contributed by atoms with E-state index in [-0.39, 0.29) is 5.92 Å². The largest absolute Gasteiger partial charge is 0.388 e. The molecule has 2 nitrogen and oxygen atoms in total. The van der Waals surface area contributed by atoms with Gasteiger partial charge in [0.25, 0.3) is 0 Å². The molecule has 100 valence electrons. The minimum atomic E-state index is -0.482. The highest BCUT2D eigenvalue weighted by molar-refractivity contribution is 5.63. The summed E-state index contributed by atoms with van der Waals surface area (Å²) in [6, 6.07) is 18.3. The van der Waals surface area contributed by atoms with E-state index >= 15 is 0 Å². The monoisotopic (exact) mass is 256 g/mol. The van der Waals surface area contributed by atoms with E-state index in [9.17, 15) is 5.11 Å². The first-order valence-electron chi connectivity index (χ1n) is 6.54. The fourth-order valence-electron chi connectivity index (χ4n) is 2.19. The lowest BCUT2D eigenvalue weighted by molar-refractivity contribution is 0.0567. The molecule has 2 heteroatoms. The number of aliphatic hydroxyl groups is 1. The Hall–Kier alpha value is -1.64. The summed E-state index contributed by atoms with van der Waals surface area (Å²) in [6.45, 7) is 2.54. The Morgan fingerprint density at radius 3 is 2.11 bits per heavy atom. The lowest BCUT2D eigenvalue weighted by Gasteiger charge is -2.18. The van der Waals surface area contributed by atoms with Gasteiger partial charge in [-0.05, 0) is 16.7 Å². The first-order chi connectivity index (χ1) is 9.22. The maximum absolute atomic E-state index is 10.2. The molecule has 1 N–H and O–H groups in total. The number of hydrogen-bond acceptors (Lipinski definition) is 2. The molecule has 0 saturated heterocycles. The van der Waals surface area contributed by atoms with Crippen LogP contribution in [0.25, 0.3) is 11.1 Å². The number of rotatable bonds is 5. The summed E-state index contributed by atoms with van der Waals surface area (Å²) in [5.41, 5.74) is 3.29. The van der Waals surface area contributed by atoms with Gasteiger partial charge in [-0.25, -0.2) is 0 Å². The normalized spacial score (nSPS) is 14.1. The number of hydrogen-bond donors (Lipinski definition) is 1. The summed E-state index contributed by atoms with van der Waals surface area (Å²) in [5, 5.41) is 10.2. The van der Waals surface area contributed by atoms with Gasteiger partial charge in [0.05, 0.1) is 12.7 Å². The van der Waals surface area contributed by atoms with E-state index in [1.165, 1.54) is 5.56 Å². The molecule has 0 spiro atoms. The molecule has 0 fully saturated rings. The van der Waals surface area contributed by atoms with Gasteiger partial charge in [-0.2, -0.15) is 0 Å². The quantitative estimate of drug-likeness (QED) is 0.884. The van der Waals surface area contributed by atoms with Gasteiger partial charge in [0.15, 0.2) is 0 Å². The third-order valence-corrected chi connectivity index (χ3v) is 3.33. The molecule has 2 rings (SSSR count). The molecule has 0 aromatic heterocycles. The first kappa shape index (κ1) is 13.8. The van der Waals surface area contributed by atoms with Crippen LogP contribution in [-0.4, -0.2) is 18.8 Å². The predicted octanol–water partition coefficient (Wildman–Crippen LogP) is 3.67. The number of aliphatic hydroxyl groups excluding tert-OH is 1. The Balaban J connectivity index is 2.15. The first-order valence-corrected chi connectivity index (χ1v) is 6.54. The molecular weight excluding hydrogens is 236 g/mol. The maximum Gasteiger partial charge on any atom is 0.0837 e. The molecule has 2 atom stereocenters. The van der Waals surface area contributed by atoms with Crippen LogP contribution in [0.1, 0.15) is 18.6 Å². The van der Waals surface area contributed by atoms with Crippen molar-refractivity contribution in [1.82, 2.24) is 0 Å². The van der Waals surface area contributed by atoms with E-state index in [1.54, 1.807) is 7.11 Å². The van der Waals surface area contributed by atoms with Gasteiger partial charge in [-0.3, -0.25) is 0 Å². The van der Waals surface area contributed by atoms with Crippen molar-refractivity contribution < 1.29 is 9.84 Å². The Bertz CT molecular complexity index is 490. The minimum absolute atomic E-state index is 0.0903. The summed E-state index contributed by atoms with van der Waals surface area (Å²) in [7, 11) is 1.65. The van der Waals surface area contributed by atoms with Gasteiger partial charge in [0, 0.05) is 13.0 Å². The van der Waals surface area contributed by atoms with E-state index < -0.39 is 6.10 Å². The molecule has 0 aliphatic heterocycles. The van der Waals surface area contributed by atoms with Crippen molar-refractivity contribution >= 4 is 0 Å². The smallest absolute Gasteiger partial charge is 0.0837 e. The zero-order valence-electron chi connectivity index (χ0n) is 11.4. The molecule has 0 heterocycles. The van der Waals surface area contributed by atoms with Crippen molar-refractivity contribution in [3.05, 3.63) is 60.2 Å². The maximum atomic E-state index is 10.2. The second-order valence-electron chi connectivity index (χ2n) is 4.87. The number of ether oxygens (including phenoxy) is 1. The Labute approximate surface area is 114 Å². The highest BCUT2D eigenvalue weighted by atomic mass is 16.5. The van der Waals surface area contributed by atoms with Crippen molar-refractivity contribution in [2.24, 2.45) is 5.92 Å². The molecule has 2 aromatic rings. The van der Waals surface area contributed by atoms with E-state index in [2.05, 4.69) is 12.1 Å². The molecule has 0 saturated carbocycles. The fraction of sp³-hybridized carbons (Fsp3) is 0.294. The van der Waals surface area contributed by atoms with Gasteiger partial charge in [0.2, 0.25) is 0 Å². The molecule has 0 aliphatic carbocycles. The van der Waals surface area contributed by atoms with Crippen LogP contribution in [0.3, 0.4) is 0 Å². The third kappa shape index (κ3) is 3.43. The average molecular weight is 256 g/mol. The van der Waals surface area contributed by atoms with Crippen LogP contribution in [0, 0.1) is 5.92 Å². The zero-order valence-corrected chi connectivity index (χ0v) is 11.4. The average Bonchev–Trinajstić information content (AvgIpc) is 2.48. The second kappa shape index (κ2) is 6.50. The van der Waals surface area contributed by atoms with Gasteiger partial charge < -0.3 is 9.84 Å². The topological polar surface area (TPSA) is 29.5 Å². The molecule has 2 unspecified atom stereocenters. The molecule has 0 bridgehead atoms. The molecule has 2 aromatic carbocycles. The van der Waals surface area contributed by atoms with Crippen LogP contribution < -0.4 is 0 Å². The van der Waals surface area contributed by atoms with Crippen molar-refractivity contribution in [1.29, 1.82) is 0 Å². The predicted molar refractivity (Wildman–Crippen MR) is 77.9 cm³/mol. The zero-order chi connectivity index (χ0) is 13.7. The van der Waals surface area contributed by atoms with Crippen LogP contribution in [0.2, 0.25) is 0 Å². The summed E-state index contributed by atoms with van der Waals surface area (Å²) in [5.74, 6) is 0.0903. The lowest BCUT2D eigenvalue weighted by atomic mass is 9.96. The molecule has 0 amide bonds. The minimum Gasteiger partial charge on any atom is -0.388 e. The van der Waals surface area contributed by atoms with Gasteiger partial charge in [0.1, 0.15) is 0 Å². The number of benzene rings is 2. The van der Waals surface area contributed by atoms with Crippen molar-refractivity contribution in [3.63, 3.8) is 0 Å². The van der Waals surface area contributed by atoms with Gasteiger partial charge in [-0.1, -0.05) is 61.5 Å². The SMILES string of the molecule is COCC(C)C(O)c1ccc(-c2ccccc2)cc1. The van der Waals surface area contributed by atoms with Gasteiger partial charge in [-0.15, -0.1) is 0 Å². The second-order valence-corrected chi connectivity index (χ2v) is 4.87. The summed E-state index contributed by atoms with van der Waals surface area (Å²) < 4.78 is 5.08. The van der Waals surface area contributed by atoms with Crippen molar-refractivity contribution in [3.8, 4) is 11.1 Å². The highest BCUT2D eigenvalue weighted by Gasteiger charge is 2.15. The van der Waals surface area contributed by atoms with Crippen LogP contribution in [0.4, 0.5) is 0 Å². The van der Waals surface area contributed by atoms with E-state index in [0.29, 0.717) is 6.61 Å². The number of methoxy groups -OCH3 is 1. The Kier molecular flexibility index (Phi) is 4.72. The van der Waals surface area contributed by atoms with Gasteiger partial charge >= 0.3 is 0 Å². The van der Waals surface area contributed by atoms with Crippen molar-refractivity contribution in [2.75, 3.05) is 13.7 Å². The lowest BCUT2D eigenvalue weighted by Crippen LogP contribution is -2.14. The van der Waals surface area contributed by atoms with Crippen molar-refractivity contribution in [2.45, 2.75) is 13.0 Å². The van der Waals surface area contributed by atoms with Crippen LogP contribution >= 0.6 is 0 Å². The molecule has 0 radical (unpaired) electrons. The van der Waals surface area contributed by atoms with Crippen LogP contribution in [-0.2, 0) is 4.74 Å². The molecule has 0 aliphatic rings. The van der Waals surface area contributed by atoms with E-state index in [1.807, 2.05) is 49.4 Å². The standard InChI is InChI=1S/C17H20O2/c1-13(12-19-2)17(18)16-10-8-15(9-11-16)14-6-4-3-5-7-14/h3-11,13,17-18H,12H2,1-2H3. The Morgan fingerprint density at radius 1 is 0.947 bits per heavy atom.